The molecule has 3 aromatic rings. The van der Waals surface area contributed by atoms with Gasteiger partial charge in [0.05, 0.1) is 24.4 Å². The van der Waals surface area contributed by atoms with Gasteiger partial charge in [-0.15, -0.1) is 0 Å². The van der Waals surface area contributed by atoms with Crippen molar-refractivity contribution >= 4 is 50.0 Å². The van der Waals surface area contributed by atoms with Gasteiger partial charge in [0, 0.05) is 36.9 Å². The Morgan fingerprint density at radius 3 is 2.64 bits per heavy atom. The number of imidazole rings is 1. The molecule has 1 aromatic carbocycles. The maximum Gasteiger partial charge on any atom is 0.244 e. The van der Waals surface area contributed by atoms with Crippen LogP contribution in [-0.2, 0) is 27.6 Å². The van der Waals surface area contributed by atoms with E-state index in [0.29, 0.717) is 48.1 Å². The summed E-state index contributed by atoms with van der Waals surface area (Å²) in [6, 6.07) is 3.86. The van der Waals surface area contributed by atoms with Crippen LogP contribution in [0.15, 0.2) is 24.8 Å². The predicted molar refractivity (Wildman–Crippen MR) is 139 cm³/mol. The monoisotopic (exact) mass is 532 g/mol. The first-order chi connectivity index (χ1) is 17.1. The van der Waals surface area contributed by atoms with Crippen molar-refractivity contribution in [1.82, 2.24) is 24.4 Å². The number of fused-ring (bicyclic) bond motifs is 1. The molecule has 0 aliphatic carbocycles. The Bertz CT molecular complexity index is 1430. The molecule has 2 aromatic heterocycles. The second-order valence-electron chi connectivity index (χ2n) is 9.49. The Morgan fingerprint density at radius 1 is 1.17 bits per heavy atom. The highest BCUT2D eigenvalue weighted by atomic mass is 35.5. The van der Waals surface area contributed by atoms with Crippen molar-refractivity contribution in [3.63, 3.8) is 0 Å². The van der Waals surface area contributed by atoms with Crippen molar-refractivity contribution in [2.45, 2.75) is 31.8 Å². The number of carbonyl (C=O) groups is 1. The molecule has 36 heavy (non-hydrogen) atoms. The quantitative estimate of drug-likeness (QED) is 0.486. The number of nitrogen functional groups attached to an aromatic ring is 1. The molecule has 4 heterocycles. The van der Waals surface area contributed by atoms with Crippen LogP contribution in [0.1, 0.15) is 24.5 Å². The number of amides is 1. The van der Waals surface area contributed by atoms with E-state index in [1.807, 2.05) is 16.7 Å². The normalized spacial score (nSPS) is 21.9. The second kappa shape index (κ2) is 9.16. The molecule has 11 nitrogen and oxygen atoms in total. The molecular weight excluding hydrogens is 504 g/mol. The third-order valence-electron chi connectivity index (χ3n) is 7.12. The van der Waals surface area contributed by atoms with Gasteiger partial charge in [0.2, 0.25) is 5.91 Å². The molecule has 2 aliphatic heterocycles. The fraction of sp³-hybridized carbons (Fsp3) is 0.478. The van der Waals surface area contributed by atoms with Gasteiger partial charge in [0.25, 0.3) is 0 Å². The zero-order valence-electron chi connectivity index (χ0n) is 20.0. The van der Waals surface area contributed by atoms with Gasteiger partial charge in [0.1, 0.15) is 17.4 Å². The van der Waals surface area contributed by atoms with Crippen LogP contribution in [0.5, 0.6) is 0 Å². The summed E-state index contributed by atoms with van der Waals surface area (Å²) in [4.78, 5) is 29.8. The molecule has 2 aliphatic rings. The molecule has 192 valence electrons. The van der Waals surface area contributed by atoms with Gasteiger partial charge in [-0.2, -0.15) is 0 Å². The molecule has 0 saturated carbocycles. The number of hydrogen-bond acceptors (Lipinski definition) is 9. The van der Waals surface area contributed by atoms with Gasteiger partial charge in [-0.25, -0.2) is 23.4 Å². The van der Waals surface area contributed by atoms with Crippen LogP contribution < -0.4 is 16.4 Å². The molecule has 0 spiro atoms. The van der Waals surface area contributed by atoms with Crippen molar-refractivity contribution in [3.8, 4) is 0 Å². The topological polar surface area (TPSA) is 153 Å². The van der Waals surface area contributed by atoms with E-state index in [1.165, 1.54) is 6.33 Å². The van der Waals surface area contributed by atoms with Crippen LogP contribution in [0.2, 0.25) is 5.02 Å². The Hall–Kier alpha value is -2.96. The molecule has 13 heteroatoms. The molecule has 0 radical (unpaired) electrons. The number of aromatic nitrogens is 4. The molecule has 1 atom stereocenters. The number of benzene rings is 1. The number of anilines is 2. The van der Waals surface area contributed by atoms with Crippen molar-refractivity contribution in [3.05, 3.63) is 40.9 Å². The van der Waals surface area contributed by atoms with E-state index in [2.05, 4.69) is 26.8 Å². The Labute approximate surface area is 214 Å². The van der Waals surface area contributed by atoms with E-state index >= 15 is 0 Å². The van der Waals surface area contributed by atoms with Crippen molar-refractivity contribution in [1.29, 1.82) is 0 Å². The third kappa shape index (κ3) is 4.48. The lowest BCUT2D eigenvalue weighted by Gasteiger charge is -2.34. The summed E-state index contributed by atoms with van der Waals surface area (Å²) in [7, 11) is -3.09. The first-order valence-electron chi connectivity index (χ1n) is 11.9. The summed E-state index contributed by atoms with van der Waals surface area (Å²) in [6.45, 7) is 3.79. The van der Waals surface area contributed by atoms with Crippen LogP contribution in [0.25, 0.3) is 11.2 Å². The minimum absolute atomic E-state index is 0.0240. The number of nitrogens with two attached hydrogens (primary N) is 2. The predicted octanol–water partition coefficient (Wildman–Crippen LogP) is 0.837. The van der Waals surface area contributed by atoms with E-state index in [1.54, 1.807) is 11.2 Å². The number of sulfone groups is 1. The van der Waals surface area contributed by atoms with Crippen molar-refractivity contribution in [2.75, 3.05) is 48.3 Å². The summed E-state index contributed by atoms with van der Waals surface area (Å²) >= 11 is 6.51. The first-order valence-corrected chi connectivity index (χ1v) is 14.1. The minimum Gasteiger partial charge on any atom is -0.382 e. The summed E-state index contributed by atoms with van der Waals surface area (Å²) in [6.07, 6.45) is 4.33. The number of nitrogens with zero attached hydrogens (tertiary/aromatic N) is 6. The van der Waals surface area contributed by atoms with Gasteiger partial charge < -0.3 is 25.8 Å². The van der Waals surface area contributed by atoms with Gasteiger partial charge in [-0.1, -0.05) is 18.5 Å². The molecule has 1 amide bonds. The summed E-state index contributed by atoms with van der Waals surface area (Å²) in [5.41, 5.74) is 15.7. The minimum atomic E-state index is -3.09. The highest BCUT2D eigenvalue weighted by Gasteiger charge is 2.45. The maximum absolute atomic E-state index is 13.3. The third-order valence-corrected chi connectivity index (χ3v) is 8.95. The standard InChI is InChI=1S/C23H29ClN8O3S/c1-2-15-9-16(24)10-18(17(15)11-32-14-29-19-20(25)27-13-28-21(19)32)31-4-3-23(26,12-31)22(33)30-5-7-36(34,35)8-6-30/h9-10,13-14H,2-8,11-12,26H2,1H3,(H2,25,27,28)/t23-/m1/s1. The zero-order valence-corrected chi connectivity index (χ0v) is 21.6. The van der Waals surface area contributed by atoms with Gasteiger partial charge in [-0.05, 0) is 36.1 Å². The van der Waals surface area contributed by atoms with Crippen LogP contribution in [0.4, 0.5) is 11.5 Å². The molecular formula is C23H29ClN8O3S. The first kappa shape index (κ1) is 24.7. The summed E-state index contributed by atoms with van der Waals surface area (Å²) in [5, 5.41) is 0.606. The Kier molecular flexibility index (Phi) is 6.29. The number of hydrogen-bond donors (Lipinski definition) is 2. The fourth-order valence-electron chi connectivity index (χ4n) is 5.09. The largest absolute Gasteiger partial charge is 0.382 e. The SMILES string of the molecule is CCc1cc(Cl)cc(N2CC[C@](N)(C(=O)N3CCS(=O)(=O)CC3)C2)c1Cn1cnc2c(N)ncnc21. The van der Waals surface area contributed by atoms with E-state index in [9.17, 15) is 13.2 Å². The highest BCUT2D eigenvalue weighted by Crippen LogP contribution is 2.35. The number of aryl methyl sites for hydroxylation is 1. The van der Waals surface area contributed by atoms with Gasteiger partial charge in [0.15, 0.2) is 21.3 Å². The van der Waals surface area contributed by atoms with E-state index in [-0.39, 0.29) is 30.5 Å². The molecule has 2 saturated heterocycles. The lowest BCUT2D eigenvalue weighted by atomic mass is 9.97. The highest BCUT2D eigenvalue weighted by molar-refractivity contribution is 7.91. The lowest BCUT2D eigenvalue weighted by molar-refractivity contribution is -0.135. The van der Waals surface area contributed by atoms with Crippen molar-refractivity contribution < 1.29 is 13.2 Å². The van der Waals surface area contributed by atoms with Crippen molar-refractivity contribution in [2.24, 2.45) is 5.73 Å². The molecule has 2 fully saturated rings. The van der Waals surface area contributed by atoms with Gasteiger partial charge >= 0.3 is 0 Å². The summed E-state index contributed by atoms with van der Waals surface area (Å²) in [5.74, 6) is 0.0716. The van der Waals surface area contributed by atoms with Crippen LogP contribution >= 0.6 is 11.6 Å². The average Bonchev–Trinajstić information content (AvgIpc) is 3.45. The Balaban J connectivity index is 1.45. The zero-order chi connectivity index (χ0) is 25.7. The maximum atomic E-state index is 13.3. The summed E-state index contributed by atoms with van der Waals surface area (Å²) < 4.78 is 25.5. The van der Waals surface area contributed by atoms with E-state index in [4.69, 9.17) is 23.1 Å². The smallest absolute Gasteiger partial charge is 0.244 e. The van der Waals surface area contributed by atoms with Gasteiger partial charge in [-0.3, -0.25) is 4.79 Å². The average molecular weight is 533 g/mol. The second-order valence-corrected chi connectivity index (χ2v) is 12.2. The Morgan fingerprint density at radius 2 is 1.92 bits per heavy atom. The van der Waals surface area contributed by atoms with Crippen LogP contribution in [0.3, 0.4) is 0 Å². The lowest BCUT2D eigenvalue weighted by Crippen LogP contribution is -2.59. The number of rotatable bonds is 5. The number of carbonyl (C=O) groups excluding carboxylic acids is 1. The fourth-order valence-corrected chi connectivity index (χ4v) is 6.52. The van der Waals surface area contributed by atoms with E-state index in [0.717, 1.165) is 23.2 Å². The van der Waals surface area contributed by atoms with Crippen LogP contribution in [0, 0.1) is 0 Å². The van der Waals surface area contributed by atoms with Crippen LogP contribution in [-0.4, -0.2) is 82.0 Å². The van der Waals surface area contributed by atoms with E-state index < -0.39 is 15.4 Å². The molecule has 0 bridgehead atoms. The molecule has 4 N–H and O–H groups in total. The molecule has 5 rings (SSSR count). The number of halogens is 1. The molecule has 0 unspecified atom stereocenters.